The Labute approximate surface area is 112 Å². The van der Waals surface area contributed by atoms with E-state index in [0.29, 0.717) is 12.1 Å². The summed E-state index contributed by atoms with van der Waals surface area (Å²) in [6.07, 6.45) is 1.91. The zero-order chi connectivity index (χ0) is 14.4. The molecule has 0 aliphatic carbocycles. The van der Waals surface area contributed by atoms with Gasteiger partial charge < -0.3 is 16.2 Å². The maximum Gasteiger partial charge on any atom is 0.308 e. The van der Waals surface area contributed by atoms with Crippen molar-refractivity contribution < 1.29 is 14.7 Å². The highest BCUT2D eigenvalue weighted by Crippen LogP contribution is 2.11. The molecule has 1 heterocycles. The van der Waals surface area contributed by atoms with Crippen LogP contribution in [-0.2, 0) is 4.79 Å². The molecule has 1 unspecified atom stereocenters. The number of nitrogens with two attached hydrogens (primary N) is 1. The van der Waals surface area contributed by atoms with Crippen LogP contribution in [0.1, 0.15) is 30.8 Å². The molecule has 1 rings (SSSR count). The quantitative estimate of drug-likeness (QED) is 0.715. The molecule has 1 aromatic heterocycles. The number of carboxylic acids is 1. The summed E-state index contributed by atoms with van der Waals surface area (Å²) in [4.78, 5) is 26.7. The van der Waals surface area contributed by atoms with E-state index in [9.17, 15) is 9.59 Å². The smallest absolute Gasteiger partial charge is 0.308 e. The van der Waals surface area contributed by atoms with Gasteiger partial charge in [-0.3, -0.25) is 9.59 Å². The van der Waals surface area contributed by atoms with Gasteiger partial charge in [-0.15, -0.1) is 0 Å². The lowest BCUT2D eigenvalue weighted by Gasteiger charge is -2.15. The number of hydrogen-bond acceptors (Lipinski definition) is 4. The molecule has 0 radical (unpaired) electrons. The summed E-state index contributed by atoms with van der Waals surface area (Å²) in [6, 6.07) is 3.08. The van der Waals surface area contributed by atoms with Crippen LogP contribution in [0, 0.1) is 11.8 Å². The van der Waals surface area contributed by atoms with E-state index in [1.165, 1.54) is 12.3 Å². The minimum absolute atomic E-state index is 0.0956. The van der Waals surface area contributed by atoms with Gasteiger partial charge in [0, 0.05) is 6.54 Å². The molecular formula is C13H19N3O3. The SMILES string of the molecule is CC(C)CC(CNC(=O)c1ccc(N)cn1)C(=O)O. The first-order chi connectivity index (χ1) is 8.90. The van der Waals surface area contributed by atoms with E-state index in [0.717, 1.165) is 0 Å². The van der Waals surface area contributed by atoms with Crippen molar-refractivity contribution in [1.29, 1.82) is 0 Å². The van der Waals surface area contributed by atoms with Crippen LogP contribution in [0.5, 0.6) is 0 Å². The fourth-order valence-corrected chi connectivity index (χ4v) is 1.69. The molecule has 0 saturated carbocycles. The first kappa shape index (κ1) is 14.9. The van der Waals surface area contributed by atoms with Gasteiger partial charge in [0.25, 0.3) is 5.91 Å². The highest BCUT2D eigenvalue weighted by atomic mass is 16.4. The van der Waals surface area contributed by atoms with E-state index in [-0.39, 0.29) is 18.2 Å². The van der Waals surface area contributed by atoms with Gasteiger partial charge in [0.2, 0.25) is 0 Å². The second-order valence-corrected chi connectivity index (χ2v) is 4.85. The zero-order valence-electron chi connectivity index (χ0n) is 11.1. The molecule has 19 heavy (non-hydrogen) atoms. The van der Waals surface area contributed by atoms with Crippen molar-refractivity contribution in [3.05, 3.63) is 24.0 Å². The first-order valence-corrected chi connectivity index (χ1v) is 6.12. The molecule has 0 aliphatic heterocycles. The molecule has 4 N–H and O–H groups in total. The Bertz CT molecular complexity index is 443. The average Bonchev–Trinajstić information content (AvgIpc) is 2.34. The van der Waals surface area contributed by atoms with Crippen LogP contribution >= 0.6 is 0 Å². The average molecular weight is 265 g/mol. The molecule has 0 aromatic carbocycles. The lowest BCUT2D eigenvalue weighted by atomic mass is 9.97. The number of pyridine rings is 1. The summed E-state index contributed by atoms with van der Waals surface area (Å²) in [5, 5.41) is 11.6. The van der Waals surface area contributed by atoms with Gasteiger partial charge in [-0.1, -0.05) is 13.8 Å². The number of hydrogen-bond donors (Lipinski definition) is 3. The molecule has 1 aromatic rings. The van der Waals surface area contributed by atoms with Crippen molar-refractivity contribution in [3.63, 3.8) is 0 Å². The number of nitrogen functional groups attached to an aromatic ring is 1. The molecule has 0 spiro atoms. The number of nitrogens with zero attached hydrogens (tertiary/aromatic N) is 1. The van der Waals surface area contributed by atoms with Gasteiger partial charge in [-0.25, -0.2) is 4.98 Å². The van der Waals surface area contributed by atoms with Crippen molar-refractivity contribution >= 4 is 17.6 Å². The highest BCUT2D eigenvalue weighted by molar-refractivity contribution is 5.92. The van der Waals surface area contributed by atoms with Gasteiger partial charge in [-0.2, -0.15) is 0 Å². The van der Waals surface area contributed by atoms with Crippen molar-refractivity contribution in [2.75, 3.05) is 12.3 Å². The normalized spacial score (nSPS) is 12.2. The van der Waals surface area contributed by atoms with Gasteiger partial charge >= 0.3 is 5.97 Å². The summed E-state index contributed by atoms with van der Waals surface area (Å²) >= 11 is 0. The van der Waals surface area contributed by atoms with Crippen LogP contribution < -0.4 is 11.1 Å². The second kappa shape index (κ2) is 6.72. The Morgan fingerprint density at radius 1 is 1.42 bits per heavy atom. The number of carbonyl (C=O) groups is 2. The predicted octanol–water partition coefficient (Wildman–Crippen LogP) is 1.14. The van der Waals surface area contributed by atoms with Crippen LogP contribution in [0.2, 0.25) is 0 Å². The molecule has 1 atom stereocenters. The van der Waals surface area contributed by atoms with Crippen molar-refractivity contribution in [2.45, 2.75) is 20.3 Å². The van der Waals surface area contributed by atoms with Gasteiger partial charge in [-0.05, 0) is 24.5 Å². The maximum atomic E-state index is 11.8. The van der Waals surface area contributed by atoms with Crippen LogP contribution in [-0.4, -0.2) is 28.5 Å². The topological polar surface area (TPSA) is 105 Å². The molecule has 1 amide bonds. The third-order valence-corrected chi connectivity index (χ3v) is 2.63. The minimum atomic E-state index is -0.903. The first-order valence-electron chi connectivity index (χ1n) is 6.12. The number of amides is 1. The van der Waals surface area contributed by atoms with E-state index >= 15 is 0 Å². The fraction of sp³-hybridized carbons (Fsp3) is 0.462. The van der Waals surface area contributed by atoms with Crippen LogP contribution in [0.3, 0.4) is 0 Å². The molecule has 104 valence electrons. The summed E-state index contributed by atoms with van der Waals surface area (Å²) in [5.41, 5.74) is 6.17. The number of carboxylic acid groups (broad SMARTS) is 1. The van der Waals surface area contributed by atoms with Gasteiger partial charge in [0.1, 0.15) is 5.69 Å². The molecule has 0 aliphatic rings. The monoisotopic (exact) mass is 265 g/mol. The Morgan fingerprint density at radius 2 is 2.11 bits per heavy atom. The number of aromatic nitrogens is 1. The third-order valence-electron chi connectivity index (χ3n) is 2.63. The lowest BCUT2D eigenvalue weighted by Crippen LogP contribution is -2.34. The third kappa shape index (κ3) is 4.95. The maximum absolute atomic E-state index is 11.8. The van der Waals surface area contributed by atoms with E-state index < -0.39 is 17.8 Å². The Hall–Kier alpha value is -2.11. The fourth-order valence-electron chi connectivity index (χ4n) is 1.69. The molecule has 6 nitrogen and oxygen atoms in total. The van der Waals surface area contributed by atoms with Crippen molar-refractivity contribution in [1.82, 2.24) is 10.3 Å². The van der Waals surface area contributed by atoms with Gasteiger partial charge in [0.15, 0.2) is 0 Å². The second-order valence-electron chi connectivity index (χ2n) is 4.85. The van der Waals surface area contributed by atoms with E-state index in [1.807, 2.05) is 13.8 Å². The lowest BCUT2D eigenvalue weighted by molar-refractivity contribution is -0.142. The number of rotatable bonds is 6. The predicted molar refractivity (Wildman–Crippen MR) is 71.6 cm³/mol. The number of aliphatic carboxylic acids is 1. The summed E-state index contributed by atoms with van der Waals surface area (Å²) in [6.45, 7) is 3.98. The zero-order valence-corrected chi connectivity index (χ0v) is 11.1. The van der Waals surface area contributed by atoms with E-state index in [1.54, 1.807) is 6.07 Å². The molecular weight excluding hydrogens is 246 g/mol. The van der Waals surface area contributed by atoms with E-state index in [4.69, 9.17) is 10.8 Å². The summed E-state index contributed by atoms with van der Waals surface area (Å²) < 4.78 is 0. The molecule has 0 saturated heterocycles. The van der Waals surface area contributed by atoms with Crippen LogP contribution in [0.25, 0.3) is 0 Å². The standard InChI is InChI=1S/C13H19N3O3/c1-8(2)5-9(13(18)19)6-16-12(17)11-4-3-10(14)7-15-11/h3-4,7-9H,5-6,14H2,1-2H3,(H,16,17)(H,18,19). The number of carbonyl (C=O) groups excluding carboxylic acids is 1. The van der Waals surface area contributed by atoms with Crippen LogP contribution in [0.15, 0.2) is 18.3 Å². The summed E-state index contributed by atoms with van der Waals surface area (Å²) in [7, 11) is 0. The van der Waals surface area contributed by atoms with Crippen molar-refractivity contribution in [3.8, 4) is 0 Å². The molecule has 0 fully saturated rings. The van der Waals surface area contributed by atoms with Crippen molar-refractivity contribution in [2.24, 2.45) is 11.8 Å². The van der Waals surface area contributed by atoms with E-state index in [2.05, 4.69) is 10.3 Å². The Morgan fingerprint density at radius 3 is 2.58 bits per heavy atom. The molecule has 6 heteroatoms. The number of anilines is 1. The number of nitrogens with one attached hydrogen (secondary N) is 1. The molecule has 0 bridgehead atoms. The van der Waals surface area contributed by atoms with Crippen LogP contribution in [0.4, 0.5) is 5.69 Å². The van der Waals surface area contributed by atoms with Gasteiger partial charge in [0.05, 0.1) is 17.8 Å². The summed E-state index contributed by atoms with van der Waals surface area (Å²) in [5.74, 6) is -1.63. The Kier molecular flexibility index (Phi) is 5.29. The largest absolute Gasteiger partial charge is 0.481 e. The highest BCUT2D eigenvalue weighted by Gasteiger charge is 2.20. The minimum Gasteiger partial charge on any atom is -0.481 e. The Balaban J connectivity index is 2.56.